The van der Waals surface area contributed by atoms with Crippen molar-refractivity contribution in [3.63, 3.8) is 0 Å². The summed E-state index contributed by atoms with van der Waals surface area (Å²) in [5.41, 5.74) is 5.16. The second-order valence-electron chi connectivity index (χ2n) is 4.52. The van der Waals surface area contributed by atoms with E-state index in [2.05, 4.69) is 6.92 Å². The lowest BCUT2D eigenvalue weighted by atomic mass is 10.1. The lowest BCUT2D eigenvalue weighted by Crippen LogP contribution is -2.34. The number of hydrogen-bond donors (Lipinski definition) is 2. The van der Waals surface area contributed by atoms with E-state index in [9.17, 15) is 9.59 Å². The van der Waals surface area contributed by atoms with E-state index in [1.54, 1.807) is 19.9 Å². The molecule has 0 bridgehead atoms. The van der Waals surface area contributed by atoms with E-state index in [0.29, 0.717) is 0 Å². The molecule has 0 saturated carbocycles. The van der Waals surface area contributed by atoms with Gasteiger partial charge in [0.2, 0.25) is 0 Å². The van der Waals surface area contributed by atoms with Crippen molar-refractivity contribution in [1.82, 2.24) is 0 Å². The lowest BCUT2D eigenvalue weighted by molar-refractivity contribution is -0.139. The third-order valence-electron chi connectivity index (χ3n) is 2.44. The highest BCUT2D eigenvalue weighted by molar-refractivity contribution is 5.73. The predicted octanol–water partition coefficient (Wildman–Crippen LogP) is 2.77. The molecule has 0 spiro atoms. The lowest BCUT2D eigenvalue weighted by Gasteiger charge is -2.07. The van der Waals surface area contributed by atoms with Gasteiger partial charge in [-0.3, -0.25) is 9.59 Å². The van der Waals surface area contributed by atoms with Crippen LogP contribution in [0.15, 0.2) is 12.2 Å². The number of aliphatic carboxylic acids is 1. The molecular weight excluding hydrogens is 230 g/mol. The minimum absolute atomic E-state index is 0.0208. The summed E-state index contributed by atoms with van der Waals surface area (Å²) in [6.45, 7) is 5.75. The van der Waals surface area contributed by atoms with Crippen molar-refractivity contribution in [3.05, 3.63) is 12.2 Å². The van der Waals surface area contributed by atoms with E-state index in [1.165, 1.54) is 25.7 Å². The SMILES string of the molecule is CC(C)[C@H](N)C(=O)O.CCCCCC/C=C/C=O. The Kier molecular flexibility index (Phi) is 14.8. The number of hydrogen-bond acceptors (Lipinski definition) is 3. The maximum absolute atomic E-state index is 10.0. The van der Waals surface area contributed by atoms with Gasteiger partial charge in [0.15, 0.2) is 0 Å². The summed E-state index contributed by atoms with van der Waals surface area (Å²) in [5, 5.41) is 8.23. The van der Waals surface area contributed by atoms with Crippen molar-refractivity contribution in [2.24, 2.45) is 11.7 Å². The van der Waals surface area contributed by atoms with Gasteiger partial charge in [-0.2, -0.15) is 0 Å². The molecule has 0 fully saturated rings. The predicted molar refractivity (Wildman–Crippen MR) is 74.4 cm³/mol. The standard InChI is InChI=1S/C9H16O.C5H11NO2/c1-2-3-4-5-6-7-8-9-10;1-3(2)4(6)5(7)8/h7-9H,2-6H2,1H3;3-4H,6H2,1-2H3,(H,7,8)/b8-7+;/t;4-/m.0/s1. The van der Waals surface area contributed by atoms with Crippen LogP contribution in [0.2, 0.25) is 0 Å². The minimum Gasteiger partial charge on any atom is -0.480 e. The van der Waals surface area contributed by atoms with Gasteiger partial charge in [-0.15, -0.1) is 0 Å². The molecule has 0 aromatic carbocycles. The molecule has 3 N–H and O–H groups in total. The number of carbonyl (C=O) groups is 2. The van der Waals surface area contributed by atoms with Crippen LogP contribution in [0.25, 0.3) is 0 Å². The normalized spacial score (nSPS) is 12.1. The largest absolute Gasteiger partial charge is 0.480 e. The van der Waals surface area contributed by atoms with E-state index in [0.717, 1.165) is 12.7 Å². The molecule has 0 aromatic heterocycles. The van der Waals surface area contributed by atoms with Crippen LogP contribution in [-0.2, 0) is 9.59 Å². The van der Waals surface area contributed by atoms with Gasteiger partial charge in [0, 0.05) is 0 Å². The maximum atomic E-state index is 10.0. The maximum Gasteiger partial charge on any atom is 0.320 e. The molecule has 0 amide bonds. The second-order valence-corrected chi connectivity index (χ2v) is 4.52. The van der Waals surface area contributed by atoms with E-state index in [4.69, 9.17) is 10.8 Å². The number of nitrogens with two attached hydrogens (primary N) is 1. The molecular formula is C14H27NO3. The Morgan fingerprint density at radius 2 is 1.89 bits per heavy atom. The highest BCUT2D eigenvalue weighted by Crippen LogP contribution is 2.02. The van der Waals surface area contributed by atoms with Crippen molar-refractivity contribution in [3.8, 4) is 0 Å². The number of carboxylic acid groups (broad SMARTS) is 1. The molecule has 0 aliphatic rings. The van der Waals surface area contributed by atoms with E-state index in [1.807, 2.05) is 6.08 Å². The number of carboxylic acids is 1. The van der Waals surface area contributed by atoms with Crippen LogP contribution in [0.3, 0.4) is 0 Å². The molecule has 18 heavy (non-hydrogen) atoms. The summed E-state index contributed by atoms with van der Waals surface area (Å²) in [6, 6.07) is -0.713. The van der Waals surface area contributed by atoms with Crippen LogP contribution >= 0.6 is 0 Å². The summed E-state index contributed by atoms with van der Waals surface area (Å²) in [5.74, 6) is -0.910. The average Bonchev–Trinajstić information content (AvgIpc) is 2.33. The molecule has 0 unspecified atom stereocenters. The zero-order valence-corrected chi connectivity index (χ0v) is 11.8. The molecule has 0 rings (SSSR count). The van der Waals surface area contributed by atoms with Gasteiger partial charge < -0.3 is 10.8 Å². The number of carbonyl (C=O) groups excluding carboxylic acids is 1. The highest BCUT2D eigenvalue weighted by atomic mass is 16.4. The van der Waals surface area contributed by atoms with Crippen molar-refractivity contribution in [2.45, 2.75) is 58.9 Å². The summed E-state index contributed by atoms with van der Waals surface area (Å²) >= 11 is 0. The quantitative estimate of drug-likeness (QED) is 0.398. The topological polar surface area (TPSA) is 80.4 Å². The zero-order valence-electron chi connectivity index (χ0n) is 11.8. The monoisotopic (exact) mass is 257 g/mol. The Labute approximate surface area is 110 Å². The van der Waals surface area contributed by atoms with Crippen LogP contribution in [0, 0.1) is 5.92 Å². The Morgan fingerprint density at radius 1 is 1.28 bits per heavy atom. The molecule has 4 heteroatoms. The van der Waals surface area contributed by atoms with Gasteiger partial charge in [0.25, 0.3) is 0 Å². The zero-order chi connectivity index (χ0) is 14.4. The third-order valence-corrected chi connectivity index (χ3v) is 2.44. The third kappa shape index (κ3) is 14.8. The van der Waals surface area contributed by atoms with Crippen LogP contribution in [0.4, 0.5) is 0 Å². The van der Waals surface area contributed by atoms with Gasteiger partial charge in [-0.1, -0.05) is 46.1 Å². The molecule has 0 heterocycles. The minimum atomic E-state index is -0.931. The van der Waals surface area contributed by atoms with Crippen LogP contribution < -0.4 is 5.73 Å². The van der Waals surface area contributed by atoms with E-state index < -0.39 is 12.0 Å². The highest BCUT2D eigenvalue weighted by Gasteiger charge is 2.14. The van der Waals surface area contributed by atoms with E-state index in [-0.39, 0.29) is 5.92 Å². The number of unbranched alkanes of at least 4 members (excludes halogenated alkanes) is 4. The summed E-state index contributed by atoms with van der Waals surface area (Å²) in [4.78, 5) is 19.8. The first-order valence-corrected chi connectivity index (χ1v) is 6.56. The first kappa shape index (κ1) is 19.2. The second kappa shape index (κ2) is 13.9. The smallest absolute Gasteiger partial charge is 0.320 e. The Bertz CT molecular complexity index is 237. The van der Waals surface area contributed by atoms with Gasteiger partial charge in [-0.25, -0.2) is 0 Å². The molecule has 106 valence electrons. The van der Waals surface area contributed by atoms with Gasteiger partial charge >= 0.3 is 5.97 Å². The Hall–Kier alpha value is -1.16. The van der Waals surface area contributed by atoms with Gasteiger partial charge in [0.05, 0.1) is 0 Å². The van der Waals surface area contributed by atoms with Crippen molar-refractivity contribution in [1.29, 1.82) is 0 Å². The summed E-state index contributed by atoms with van der Waals surface area (Å²) < 4.78 is 0. The molecule has 0 aromatic rings. The fourth-order valence-electron chi connectivity index (χ4n) is 1.13. The first-order valence-electron chi connectivity index (χ1n) is 6.56. The molecule has 4 nitrogen and oxygen atoms in total. The molecule has 1 atom stereocenters. The summed E-state index contributed by atoms with van der Waals surface area (Å²) in [6.07, 6.45) is 10.5. The van der Waals surface area contributed by atoms with Gasteiger partial charge in [0.1, 0.15) is 12.3 Å². The van der Waals surface area contributed by atoms with Crippen molar-refractivity contribution in [2.75, 3.05) is 0 Å². The van der Waals surface area contributed by atoms with Crippen LogP contribution in [0.1, 0.15) is 52.9 Å². The molecule has 0 saturated heterocycles. The molecule has 0 radical (unpaired) electrons. The number of allylic oxidation sites excluding steroid dienone is 2. The number of aldehydes is 1. The fourth-order valence-corrected chi connectivity index (χ4v) is 1.13. The molecule has 0 aliphatic carbocycles. The van der Waals surface area contributed by atoms with Gasteiger partial charge in [-0.05, 0) is 24.8 Å². The van der Waals surface area contributed by atoms with Crippen molar-refractivity contribution < 1.29 is 14.7 Å². The first-order chi connectivity index (χ1) is 8.47. The number of rotatable bonds is 8. The Balaban J connectivity index is 0. The summed E-state index contributed by atoms with van der Waals surface area (Å²) in [7, 11) is 0. The average molecular weight is 257 g/mol. The van der Waals surface area contributed by atoms with E-state index >= 15 is 0 Å². The van der Waals surface area contributed by atoms with Crippen molar-refractivity contribution >= 4 is 12.3 Å². The molecule has 0 aliphatic heterocycles. The fraction of sp³-hybridized carbons (Fsp3) is 0.714. The Morgan fingerprint density at radius 3 is 2.22 bits per heavy atom. The van der Waals surface area contributed by atoms with Crippen LogP contribution in [0.5, 0.6) is 0 Å². The van der Waals surface area contributed by atoms with Crippen LogP contribution in [-0.4, -0.2) is 23.4 Å².